The Balaban J connectivity index is 1.61. The molecule has 3 rings (SSSR count). The van der Waals surface area contributed by atoms with Crippen molar-refractivity contribution in [3.8, 4) is 5.75 Å². The van der Waals surface area contributed by atoms with E-state index in [1.807, 2.05) is 48.5 Å². The second-order valence-electron chi connectivity index (χ2n) is 5.37. The molecule has 0 amide bonds. The summed E-state index contributed by atoms with van der Waals surface area (Å²) >= 11 is 9.74. The smallest absolute Gasteiger partial charge is 0.134 e. The summed E-state index contributed by atoms with van der Waals surface area (Å²) in [6.07, 6.45) is 0. The number of benzene rings is 3. The molecule has 0 aliphatic heterocycles. The quantitative estimate of drug-likeness (QED) is 0.523. The molecule has 1 N–H and O–H groups in total. The van der Waals surface area contributed by atoms with Gasteiger partial charge in [0.2, 0.25) is 0 Å². The molecule has 0 spiro atoms. The molecule has 3 aromatic carbocycles. The zero-order valence-corrected chi connectivity index (χ0v) is 15.3. The molecule has 0 aliphatic rings. The van der Waals surface area contributed by atoms with E-state index in [0.29, 0.717) is 13.2 Å². The standard InChI is InChI=1S/C20H17BrClNO/c21-17-12-16(13-23-19-9-5-4-8-18(19)22)10-11-20(17)24-14-15-6-2-1-3-7-15/h1-12,23H,13-14H2. The first-order valence-electron chi connectivity index (χ1n) is 7.66. The van der Waals surface area contributed by atoms with Gasteiger partial charge in [0.25, 0.3) is 0 Å². The van der Waals surface area contributed by atoms with Crippen molar-refractivity contribution in [3.63, 3.8) is 0 Å². The molecule has 0 unspecified atom stereocenters. The van der Waals surface area contributed by atoms with Gasteiger partial charge in [0.1, 0.15) is 12.4 Å². The minimum Gasteiger partial charge on any atom is -0.488 e. The van der Waals surface area contributed by atoms with Crippen LogP contribution in [-0.2, 0) is 13.2 Å². The molecular weight excluding hydrogens is 386 g/mol. The number of anilines is 1. The number of hydrogen-bond donors (Lipinski definition) is 1. The van der Waals surface area contributed by atoms with E-state index >= 15 is 0 Å². The van der Waals surface area contributed by atoms with Gasteiger partial charge >= 0.3 is 0 Å². The van der Waals surface area contributed by atoms with Crippen molar-refractivity contribution < 1.29 is 4.74 Å². The van der Waals surface area contributed by atoms with Gasteiger partial charge in [0, 0.05) is 6.54 Å². The van der Waals surface area contributed by atoms with Crippen molar-refractivity contribution >= 4 is 33.2 Å². The fourth-order valence-corrected chi connectivity index (χ4v) is 3.05. The highest BCUT2D eigenvalue weighted by molar-refractivity contribution is 9.10. The van der Waals surface area contributed by atoms with Crippen LogP contribution in [0.25, 0.3) is 0 Å². The lowest BCUT2D eigenvalue weighted by Gasteiger charge is -2.11. The van der Waals surface area contributed by atoms with Crippen molar-refractivity contribution in [3.05, 3.63) is 93.4 Å². The van der Waals surface area contributed by atoms with Crippen molar-refractivity contribution in [1.29, 1.82) is 0 Å². The van der Waals surface area contributed by atoms with E-state index in [4.69, 9.17) is 16.3 Å². The number of ether oxygens (including phenoxy) is 1. The van der Waals surface area contributed by atoms with E-state index in [-0.39, 0.29) is 0 Å². The normalized spacial score (nSPS) is 10.4. The van der Waals surface area contributed by atoms with Gasteiger partial charge in [-0.3, -0.25) is 0 Å². The monoisotopic (exact) mass is 401 g/mol. The second-order valence-corrected chi connectivity index (χ2v) is 6.63. The highest BCUT2D eigenvalue weighted by atomic mass is 79.9. The van der Waals surface area contributed by atoms with Crippen LogP contribution >= 0.6 is 27.5 Å². The molecule has 0 aromatic heterocycles. The molecule has 0 fully saturated rings. The summed E-state index contributed by atoms with van der Waals surface area (Å²) in [6.45, 7) is 1.25. The predicted molar refractivity (Wildman–Crippen MR) is 104 cm³/mol. The van der Waals surface area contributed by atoms with E-state index in [0.717, 1.165) is 32.1 Å². The molecule has 4 heteroatoms. The zero-order chi connectivity index (χ0) is 16.8. The van der Waals surface area contributed by atoms with Crippen LogP contribution in [-0.4, -0.2) is 0 Å². The van der Waals surface area contributed by atoms with E-state index < -0.39 is 0 Å². The molecule has 0 aliphatic carbocycles. The van der Waals surface area contributed by atoms with Gasteiger partial charge in [-0.2, -0.15) is 0 Å². The average Bonchev–Trinajstić information content (AvgIpc) is 2.61. The number of hydrogen-bond acceptors (Lipinski definition) is 2. The maximum absolute atomic E-state index is 6.15. The third kappa shape index (κ3) is 4.53. The first kappa shape index (κ1) is 16.9. The van der Waals surface area contributed by atoms with Gasteiger partial charge in [-0.25, -0.2) is 0 Å². The molecule has 0 heterocycles. The topological polar surface area (TPSA) is 21.3 Å². The molecule has 0 saturated carbocycles. The summed E-state index contributed by atoms with van der Waals surface area (Å²) in [5.41, 5.74) is 3.22. The third-order valence-corrected chi connectivity index (χ3v) is 4.54. The average molecular weight is 403 g/mol. The maximum atomic E-state index is 6.15. The molecule has 2 nitrogen and oxygen atoms in total. The minimum absolute atomic E-state index is 0.552. The van der Waals surface area contributed by atoms with Gasteiger partial charge in [-0.1, -0.05) is 60.1 Å². The van der Waals surface area contributed by atoms with Crippen LogP contribution in [0.2, 0.25) is 5.02 Å². The Morgan fingerprint density at radius 1 is 0.875 bits per heavy atom. The number of halogens is 2. The van der Waals surface area contributed by atoms with Crippen LogP contribution in [0.3, 0.4) is 0 Å². The largest absolute Gasteiger partial charge is 0.488 e. The Morgan fingerprint density at radius 3 is 2.38 bits per heavy atom. The fraction of sp³-hybridized carbons (Fsp3) is 0.100. The molecule has 0 atom stereocenters. The van der Waals surface area contributed by atoms with Crippen molar-refractivity contribution in [2.75, 3.05) is 5.32 Å². The predicted octanol–water partition coefficient (Wildman–Crippen LogP) is 6.29. The number of rotatable bonds is 6. The van der Waals surface area contributed by atoms with E-state index in [1.165, 1.54) is 0 Å². The zero-order valence-electron chi connectivity index (χ0n) is 13.0. The van der Waals surface area contributed by atoms with Crippen molar-refractivity contribution in [2.24, 2.45) is 0 Å². The lowest BCUT2D eigenvalue weighted by molar-refractivity contribution is 0.304. The number of nitrogens with one attached hydrogen (secondary N) is 1. The molecule has 0 bridgehead atoms. The molecule has 3 aromatic rings. The fourth-order valence-electron chi connectivity index (χ4n) is 2.31. The summed E-state index contributed by atoms with van der Waals surface area (Å²) in [6, 6.07) is 23.9. The highest BCUT2D eigenvalue weighted by Crippen LogP contribution is 2.28. The maximum Gasteiger partial charge on any atom is 0.134 e. The van der Waals surface area contributed by atoms with Crippen molar-refractivity contribution in [2.45, 2.75) is 13.2 Å². The summed E-state index contributed by atoms with van der Waals surface area (Å²) < 4.78 is 6.81. The van der Waals surface area contributed by atoms with Gasteiger partial charge in [-0.15, -0.1) is 0 Å². The SMILES string of the molecule is Clc1ccccc1NCc1ccc(OCc2ccccc2)c(Br)c1. The molecule has 0 radical (unpaired) electrons. The molecular formula is C20H17BrClNO. The Bertz CT molecular complexity index is 808. The second kappa shape index (κ2) is 8.22. The van der Waals surface area contributed by atoms with E-state index in [1.54, 1.807) is 0 Å². The highest BCUT2D eigenvalue weighted by Gasteiger charge is 2.04. The Kier molecular flexibility index (Phi) is 5.78. The van der Waals surface area contributed by atoms with E-state index in [2.05, 4.69) is 45.5 Å². The summed E-state index contributed by atoms with van der Waals surface area (Å²) in [5.74, 6) is 0.834. The van der Waals surface area contributed by atoms with Gasteiger partial charge in [0.15, 0.2) is 0 Å². The van der Waals surface area contributed by atoms with Crippen LogP contribution in [0.15, 0.2) is 77.3 Å². The summed E-state index contributed by atoms with van der Waals surface area (Å²) in [4.78, 5) is 0. The summed E-state index contributed by atoms with van der Waals surface area (Å²) in [5, 5.41) is 4.06. The van der Waals surface area contributed by atoms with Crippen LogP contribution in [0, 0.1) is 0 Å². The summed E-state index contributed by atoms with van der Waals surface area (Å²) in [7, 11) is 0. The van der Waals surface area contributed by atoms with Crippen molar-refractivity contribution in [1.82, 2.24) is 0 Å². The Morgan fingerprint density at radius 2 is 1.62 bits per heavy atom. The minimum atomic E-state index is 0.552. The van der Waals surface area contributed by atoms with Crippen LogP contribution in [0.1, 0.15) is 11.1 Å². The lowest BCUT2D eigenvalue weighted by atomic mass is 10.2. The molecule has 0 saturated heterocycles. The molecule has 122 valence electrons. The lowest BCUT2D eigenvalue weighted by Crippen LogP contribution is -2.01. The molecule has 24 heavy (non-hydrogen) atoms. The Hall–Kier alpha value is -1.97. The first-order valence-corrected chi connectivity index (χ1v) is 8.83. The first-order chi connectivity index (χ1) is 11.7. The Labute approximate surface area is 155 Å². The van der Waals surface area contributed by atoms with Gasteiger partial charge in [0.05, 0.1) is 15.2 Å². The van der Waals surface area contributed by atoms with Crippen LogP contribution < -0.4 is 10.1 Å². The third-order valence-electron chi connectivity index (χ3n) is 3.59. The van der Waals surface area contributed by atoms with Gasteiger partial charge in [-0.05, 0) is 51.3 Å². The van der Waals surface area contributed by atoms with E-state index in [9.17, 15) is 0 Å². The number of para-hydroxylation sites is 1. The van der Waals surface area contributed by atoms with Gasteiger partial charge < -0.3 is 10.1 Å². The van der Waals surface area contributed by atoms with Crippen LogP contribution in [0.5, 0.6) is 5.75 Å². The van der Waals surface area contributed by atoms with Crippen LogP contribution in [0.4, 0.5) is 5.69 Å².